The Bertz CT molecular complexity index is 650. The topological polar surface area (TPSA) is 24.9 Å². The van der Waals surface area contributed by atoms with Crippen LogP contribution >= 0.6 is 0 Å². The third kappa shape index (κ3) is 2.33. The quantitative estimate of drug-likeness (QED) is 0.875. The maximum absolute atomic E-state index is 4.67. The number of pyridine rings is 1. The first-order valence-electron chi connectivity index (χ1n) is 8.10. The molecule has 1 N–H and O–H groups in total. The van der Waals surface area contributed by atoms with Gasteiger partial charge in [0.15, 0.2) is 0 Å². The molecule has 0 fully saturated rings. The Morgan fingerprint density at radius 2 is 2.05 bits per heavy atom. The molecule has 1 aromatic carbocycles. The van der Waals surface area contributed by atoms with Crippen molar-refractivity contribution >= 4 is 5.69 Å². The number of para-hydroxylation sites is 1. The van der Waals surface area contributed by atoms with Gasteiger partial charge in [-0.3, -0.25) is 4.98 Å². The molecular formula is C19H22N2. The Hall–Kier alpha value is -1.83. The number of nitrogens with one attached hydrogen (secondary N) is 1. The average molecular weight is 278 g/mol. The fourth-order valence-corrected chi connectivity index (χ4v) is 4.15. The second kappa shape index (κ2) is 5.18. The van der Waals surface area contributed by atoms with Gasteiger partial charge in [0, 0.05) is 29.5 Å². The Balaban J connectivity index is 1.61. The minimum Gasteiger partial charge on any atom is -0.382 e. The number of benzene rings is 1. The van der Waals surface area contributed by atoms with Crippen LogP contribution in [0.25, 0.3) is 0 Å². The highest BCUT2D eigenvalue weighted by atomic mass is 14.9. The summed E-state index contributed by atoms with van der Waals surface area (Å²) in [6.07, 6.45) is 6.90. The van der Waals surface area contributed by atoms with Crippen LogP contribution in [-0.4, -0.2) is 11.0 Å². The summed E-state index contributed by atoms with van der Waals surface area (Å²) in [5, 5.41) is 3.62. The van der Waals surface area contributed by atoms with Gasteiger partial charge in [0.1, 0.15) is 0 Å². The maximum atomic E-state index is 4.67. The van der Waals surface area contributed by atoms with Crippen LogP contribution in [0, 0.1) is 0 Å². The van der Waals surface area contributed by atoms with Gasteiger partial charge in [-0.25, -0.2) is 0 Å². The zero-order valence-electron chi connectivity index (χ0n) is 12.5. The molecule has 1 aromatic heterocycles. The molecule has 0 saturated heterocycles. The van der Waals surface area contributed by atoms with E-state index in [-0.39, 0.29) is 0 Å². The average Bonchev–Trinajstić information content (AvgIpc) is 2.90. The number of anilines is 1. The Kier molecular flexibility index (Phi) is 3.17. The molecule has 2 aromatic rings. The number of aromatic nitrogens is 1. The van der Waals surface area contributed by atoms with Crippen molar-refractivity contribution in [2.75, 3.05) is 5.32 Å². The summed E-state index contributed by atoms with van der Waals surface area (Å²) in [6, 6.07) is 13.7. The van der Waals surface area contributed by atoms with E-state index in [0.29, 0.717) is 17.9 Å². The van der Waals surface area contributed by atoms with E-state index in [1.165, 1.54) is 48.2 Å². The van der Waals surface area contributed by atoms with Crippen LogP contribution in [0.4, 0.5) is 5.69 Å². The number of nitrogens with zero attached hydrogens (tertiary/aromatic N) is 1. The molecule has 0 saturated carbocycles. The zero-order chi connectivity index (χ0) is 14.2. The van der Waals surface area contributed by atoms with Crippen LogP contribution in [0.3, 0.4) is 0 Å². The lowest BCUT2D eigenvalue weighted by Crippen LogP contribution is -2.26. The fourth-order valence-electron chi connectivity index (χ4n) is 4.15. The Morgan fingerprint density at radius 1 is 1.14 bits per heavy atom. The summed E-state index contributed by atoms with van der Waals surface area (Å²) in [5.74, 6) is 1.31. The molecule has 21 heavy (non-hydrogen) atoms. The van der Waals surface area contributed by atoms with E-state index in [1.807, 2.05) is 6.20 Å². The summed E-state index contributed by atoms with van der Waals surface area (Å²) >= 11 is 0. The van der Waals surface area contributed by atoms with E-state index in [0.717, 1.165) is 0 Å². The summed E-state index contributed by atoms with van der Waals surface area (Å²) in [6.45, 7) is 2.30. The summed E-state index contributed by atoms with van der Waals surface area (Å²) in [7, 11) is 0. The van der Waals surface area contributed by atoms with Gasteiger partial charge in [0.05, 0.1) is 0 Å². The molecule has 1 aliphatic carbocycles. The van der Waals surface area contributed by atoms with E-state index in [4.69, 9.17) is 0 Å². The number of fused-ring (bicyclic) bond motifs is 2. The van der Waals surface area contributed by atoms with Crippen LogP contribution in [-0.2, 0) is 6.42 Å². The van der Waals surface area contributed by atoms with Crippen LogP contribution in [0.5, 0.6) is 0 Å². The molecule has 0 spiro atoms. The lowest BCUT2D eigenvalue weighted by atomic mass is 9.80. The first kappa shape index (κ1) is 12.9. The molecule has 4 rings (SSSR count). The molecule has 2 heterocycles. The molecular weight excluding hydrogens is 256 g/mol. The minimum atomic E-state index is 0.564. The summed E-state index contributed by atoms with van der Waals surface area (Å²) < 4.78 is 0. The highest BCUT2D eigenvalue weighted by molar-refractivity contribution is 5.55. The van der Waals surface area contributed by atoms with Gasteiger partial charge in [0.2, 0.25) is 0 Å². The monoisotopic (exact) mass is 278 g/mol. The SMILES string of the molecule is CC1CC(CC2CCc3cccnc32)c2ccccc2N1. The van der Waals surface area contributed by atoms with E-state index < -0.39 is 0 Å². The van der Waals surface area contributed by atoms with Gasteiger partial charge in [-0.1, -0.05) is 24.3 Å². The third-order valence-electron chi connectivity index (χ3n) is 5.08. The molecule has 108 valence electrons. The van der Waals surface area contributed by atoms with E-state index >= 15 is 0 Å². The highest BCUT2D eigenvalue weighted by Gasteiger charge is 2.30. The number of hydrogen-bond donors (Lipinski definition) is 1. The Labute approximate surface area is 126 Å². The number of hydrogen-bond acceptors (Lipinski definition) is 2. The molecule has 2 aliphatic rings. The first-order chi connectivity index (χ1) is 10.3. The van der Waals surface area contributed by atoms with Crippen LogP contribution in [0.2, 0.25) is 0 Å². The predicted molar refractivity (Wildman–Crippen MR) is 86.8 cm³/mol. The van der Waals surface area contributed by atoms with Crippen LogP contribution in [0.1, 0.15) is 54.8 Å². The molecule has 2 nitrogen and oxygen atoms in total. The van der Waals surface area contributed by atoms with Crippen LogP contribution in [0.15, 0.2) is 42.6 Å². The van der Waals surface area contributed by atoms with Gasteiger partial charge in [-0.2, -0.15) is 0 Å². The van der Waals surface area contributed by atoms with Crippen molar-refractivity contribution in [2.45, 2.75) is 50.5 Å². The zero-order valence-corrected chi connectivity index (χ0v) is 12.5. The number of aryl methyl sites for hydroxylation is 1. The fraction of sp³-hybridized carbons (Fsp3) is 0.421. The minimum absolute atomic E-state index is 0.564. The van der Waals surface area contributed by atoms with Gasteiger partial charge >= 0.3 is 0 Å². The van der Waals surface area contributed by atoms with E-state index in [1.54, 1.807) is 0 Å². The van der Waals surface area contributed by atoms with Gasteiger partial charge < -0.3 is 5.32 Å². The Morgan fingerprint density at radius 3 is 3.00 bits per heavy atom. The largest absolute Gasteiger partial charge is 0.382 e. The molecule has 0 radical (unpaired) electrons. The lowest BCUT2D eigenvalue weighted by Gasteiger charge is -2.32. The lowest BCUT2D eigenvalue weighted by molar-refractivity contribution is 0.466. The molecule has 3 atom stereocenters. The van der Waals surface area contributed by atoms with Crippen molar-refractivity contribution < 1.29 is 0 Å². The van der Waals surface area contributed by atoms with E-state index in [9.17, 15) is 0 Å². The van der Waals surface area contributed by atoms with Crippen molar-refractivity contribution in [1.82, 2.24) is 4.98 Å². The maximum Gasteiger partial charge on any atom is 0.0466 e. The first-order valence-corrected chi connectivity index (χ1v) is 8.10. The van der Waals surface area contributed by atoms with Crippen molar-refractivity contribution in [2.24, 2.45) is 0 Å². The summed E-state index contributed by atoms with van der Waals surface area (Å²) in [4.78, 5) is 4.67. The second-order valence-corrected chi connectivity index (χ2v) is 6.58. The number of rotatable bonds is 2. The van der Waals surface area contributed by atoms with Crippen molar-refractivity contribution in [1.29, 1.82) is 0 Å². The molecule has 2 heteroatoms. The third-order valence-corrected chi connectivity index (χ3v) is 5.08. The molecule has 0 bridgehead atoms. The van der Waals surface area contributed by atoms with Crippen LogP contribution < -0.4 is 5.32 Å². The van der Waals surface area contributed by atoms with Gasteiger partial charge in [-0.05, 0) is 61.8 Å². The molecule has 3 unspecified atom stereocenters. The molecule has 0 amide bonds. The summed E-state index contributed by atoms with van der Waals surface area (Å²) in [5.41, 5.74) is 5.67. The van der Waals surface area contributed by atoms with Crippen molar-refractivity contribution in [3.8, 4) is 0 Å². The normalized spacial score (nSPS) is 26.8. The highest BCUT2D eigenvalue weighted by Crippen LogP contribution is 2.43. The van der Waals surface area contributed by atoms with E-state index in [2.05, 4.69) is 53.6 Å². The van der Waals surface area contributed by atoms with Crippen molar-refractivity contribution in [3.05, 3.63) is 59.4 Å². The molecule has 1 aliphatic heterocycles. The predicted octanol–water partition coefficient (Wildman–Crippen LogP) is 4.49. The van der Waals surface area contributed by atoms with Gasteiger partial charge in [0.25, 0.3) is 0 Å². The smallest absolute Gasteiger partial charge is 0.0466 e. The standard InChI is InChI=1S/C19H22N2/c1-13-11-16(17-6-2-3-7-18(17)21-13)12-15-9-8-14-5-4-10-20-19(14)15/h2-7,10,13,15-16,21H,8-9,11-12H2,1H3. The second-order valence-electron chi connectivity index (χ2n) is 6.58. The van der Waals surface area contributed by atoms with Crippen molar-refractivity contribution in [3.63, 3.8) is 0 Å². The van der Waals surface area contributed by atoms with Gasteiger partial charge in [-0.15, -0.1) is 0 Å².